The van der Waals surface area contributed by atoms with Crippen LogP contribution in [-0.4, -0.2) is 39.1 Å². The van der Waals surface area contributed by atoms with Crippen molar-refractivity contribution < 1.29 is 9.90 Å². The number of nitrogens with one attached hydrogen (secondary N) is 2. The second kappa shape index (κ2) is 8.28. The summed E-state index contributed by atoms with van der Waals surface area (Å²) in [7, 11) is 0. The van der Waals surface area contributed by atoms with Crippen LogP contribution in [-0.2, 0) is 6.42 Å². The number of anilines is 2. The molecule has 0 spiro atoms. The molecular weight excluding hydrogens is 390 g/mol. The Morgan fingerprint density at radius 3 is 2.65 bits per heavy atom. The third-order valence-corrected chi connectivity index (χ3v) is 5.80. The van der Waals surface area contributed by atoms with Gasteiger partial charge in [0.2, 0.25) is 0 Å². The quantitative estimate of drug-likeness (QED) is 0.422. The lowest BCUT2D eigenvalue weighted by molar-refractivity contribution is 0.0697. The number of fused-ring (bicyclic) bond motifs is 3. The molecule has 0 saturated carbocycles. The van der Waals surface area contributed by atoms with Crippen LogP contribution in [0.25, 0.3) is 21.8 Å². The molecule has 3 N–H and O–H groups in total. The lowest BCUT2D eigenvalue weighted by atomic mass is 9.94. The van der Waals surface area contributed by atoms with Crippen molar-refractivity contribution >= 4 is 39.3 Å². The lowest BCUT2D eigenvalue weighted by Gasteiger charge is -2.22. The van der Waals surface area contributed by atoms with Crippen molar-refractivity contribution in [3.05, 3.63) is 66.1 Å². The van der Waals surface area contributed by atoms with Crippen LogP contribution in [0, 0.1) is 5.92 Å². The second-order valence-corrected chi connectivity index (χ2v) is 7.93. The van der Waals surface area contributed by atoms with Gasteiger partial charge in [0.25, 0.3) is 0 Å². The molecule has 1 saturated heterocycles. The first-order valence-electron chi connectivity index (χ1n) is 10.5. The third kappa shape index (κ3) is 4.04. The summed E-state index contributed by atoms with van der Waals surface area (Å²) in [4.78, 5) is 25.8. The van der Waals surface area contributed by atoms with Crippen LogP contribution in [0.15, 0.2) is 54.7 Å². The van der Waals surface area contributed by atoms with E-state index in [-0.39, 0.29) is 5.56 Å². The Kier molecular flexibility index (Phi) is 5.18. The van der Waals surface area contributed by atoms with Crippen LogP contribution < -0.4 is 10.6 Å². The van der Waals surface area contributed by atoms with Crippen LogP contribution >= 0.6 is 0 Å². The molecule has 156 valence electrons. The van der Waals surface area contributed by atoms with E-state index in [0.717, 1.165) is 60.2 Å². The van der Waals surface area contributed by atoms with Gasteiger partial charge in [-0.05, 0) is 56.1 Å². The molecule has 7 heteroatoms. The molecule has 3 heterocycles. The van der Waals surface area contributed by atoms with E-state index >= 15 is 0 Å². The normalized spacial score (nSPS) is 14.7. The first-order valence-corrected chi connectivity index (χ1v) is 10.5. The number of para-hydroxylation sites is 1. The fourth-order valence-corrected chi connectivity index (χ4v) is 4.14. The van der Waals surface area contributed by atoms with Crippen LogP contribution in [0.5, 0.6) is 0 Å². The molecule has 1 aliphatic rings. The minimum absolute atomic E-state index is 0.202. The number of carboxylic acids is 1. The fraction of sp³-hybridized carbons (Fsp3) is 0.250. The van der Waals surface area contributed by atoms with Crippen LogP contribution in [0.1, 0.15) is 29.0 Å². The molecule has 0 bridgehead atoms. The van der Waals surface area contributed by atoms with E-state index < -0.39 is 5.97 Å². The van der Waals surface area contributed by atoms with Crippen LogP contribution in [0.2, 0.25) is 0 Å². The number of aromatic carboxylic acids is 1. The number of aromatic nitrogens is 3. The Morgan fingerprint density at radius 2 is 1.87 bits per heavy atom. The number of piperidine rings is 1. The Morgan fingerprint density at radius 1 is 1.06 bits per heavy atom. The van der Waals surface area contributed by atoms with E-state index in [1.165, 1.54) is 0 Å². The van der Waals surface area contributed by atoms with Gasteiger partial charge in [-0.25, -0.2) is 19.7 Å². The summed E-state index contributed by atoms with van der Waals surface area (Å²) in [5.41, 5.74) is 2.44. The Bertz CT molecular complexity index is 1250. The SMILES string of the molecule is O=C(O)c1ccc2c(c1)nc(Nc1ccccc1)c1nc(CC3CCNCC3)ncc12. The highest BCUT2D eigenvalue weighted by molar-refractivity contribution is 6.09. The minimum atomic E-state index is -0.977. The van der Waals surface area contributed by atoms with Gasteiger partial charge in [-0.2, -0.15) is 0 Å². The Labute approximate surface area is 179 Å². The summed E-state index contributed by atoms with van der Waals surface area (Å²) in [5, 5.41) is 17.8. The largest absolute Gasteiger partial charge is 0.478 e. The van der Waals surface area contributed by atoms with E-state index in [2.05, 4.69) is 15.6 Å². The van der Waals surface area contributed by atoms with Crippen molar-refractivity contribution in [2.24, 2.45) is 5.92 Å². The van der Waals surface area contributed by atoms with E-state index in [0.29, 0.717) is 17.3 Å². The van der Waals surface area contributed by atoms with Crippen molar-refractivity contribution in [3.63, 3.8) is 0 Å². The zero-order valence-corrected chi connectivity index (χ0v) is 17.0. The molecule has 5 rings (SSSR count). The number of carbonyl (C=O) groups is 1. The monoisotopic (exact) mass is 413 g/mol. The number of rotatable bonds is 5. The van der Waals surface area contributed by atoms with Gasteiger partial charge in [-0.1, -0.05) is 24.3 Å². The molecule has 0 radical (unpaired) electrons. The van der Waals surface area contributed by atoms with Gasteiger partial charge in [0.1, 0.15) is 11.3 Å². The number of nitrogens with zero attached hydrogens (tertiary/aromatic N) is 3. The molecule has 0 atom stereocenters. The van der Waals surface area contributed by atoms with Gasteiger partial charge < -0.3 is 15.7 Å². The number of hydrogen-bond donors (Lipinski definition) is 3. The smallest absolute Gasteiger partial charge is 0.335 e. The van der Waals surface area contributed by atoms with Gasteiger partial charge in [-0.3, -0.25) is 0 Å². The molecule has 0 unspecified atom stereocenters. The standard InChI is InChI=1S/C24H23N5O2/c30-24(31)16-6-7-18-19-14-26-21(12-15-8-10-25-11-9-15)29-22(19)23(28-20(18)13-16)27-17-4-2-1-3-5-17/h1-7,13-15,25H,8-12H2,(H,27,28)(H,30,31). The van der Waals surface area contributed by atoms with Crippen molar-refractivity contribution in [2.45, 2.75) is 19.3 Å². The first kappa shape index (κ1) is 19.4. The molecule has 1 aliphatic heterocycles. The predicted octanol–water partition coefficient (Wildman–Crippen LogP) is 4.16. The summed E-state index contributed by atoms with van der Waals surface area (Å²) in [6, 6.07) is 14.8. The van der Waals surface area contributed by atoms with Crippen molar-refractivity contribution in [1.82, 2.24) is 20.3 Å². The van der Waals surface area contributed by atoms with Crippen LogP contribution in [0.3, 0.4) is 0 Å². The molecule has 31 heavy (non-hydrogen) atoms. The zero-order valence-electron chi connectivity index (χ0n) is 17.0. The summed E-state index contributed by atoms with van der Waals surface area (Å²) in [5.74, 6) is 1.02. The molecule has 4 aromatic rings. The summed E-state index contributed by atoms with van der Waals surface area (Å²) in [6.07, 6.45) is 4.95. The average molecular weight is 413 g/mol. The summed E-state index contributed by atoms with van der Waals surface area (Å²) in [6.45, 7) is 2.08. The fourth-order valence-electron chi connectivity index (χ4n) is 4.14. The Balaban J connectivity index is 1.63. The summed E-state index contributed by atoms with van der Waals surface area (Å²) < 4.78 is 0. The minimum Gasteiger partial charge on any atom is -0.478 e. The maximum atomic E-state index is 11.4. The van der Waals surface area contributed by atoms with E-state index in [1.807, 2.05) is 36.5 Å². The molecule has 0 amide bonds. The van der Waals surface area contributed by atoms with Gasteiger partial charge in [0.05, 0.1) is 11.1 Å². The van der Waals surface area contributed by atoms with Gasteiger partial charge >= 0.3 is 5.97 Å². The Hall–Kier alpha value is -3.58. The second-order valence-electron chi connectivity index (χ2n) is 7.93. The first-order chi connectivity index (χ1) is 15.2. The topological polar surface area (TPSA) is 100 Å². The highest BCUT2D eigenvalue weighted by Crippen LogP contribution is 2.30. The van der Waals surface area contributed by atoms with Gasteiger partial charge in [0, 0.05) is 29.1 Å². The average Bonchev–Trinajstić information content (AvgIpc) is 2.80. The van der Waals surface area contributed by atoms with Crippen molar-refractivity contribution in [3.8, 4) is 0 Å². The number of pyridine rings is 1. The van der Waals surface area contributed by atoms with E-state index in [9.17, 15) is 9.90 Å². The highest BCUT2D eigenvalue weighted by Gasteiger charge is 2.18. The molecule has 7 nitrogen and oxygen atoms in total. The van der Waals surface area contributed by atoms with Crippen molar-refractivity contribution in [2.75, 3.05) is 18.4 Å². The highest BCUT2D eigenvalue weighted by atomic mass is 16.4. The van der Waals surface area contributed by atoms with Crippen molar-refractivity contribution in [1.29, 1.82) is 0 Å². The van der Waals surface area contributed by atoms with Crippen LogP contribution in [0.4, 0.5) is 11.5 Å². The number of hydrogen-bond acceptors (Lipinski definition) is 6. The number of carboxylic acid groups (broad SMARTS) is 1. The predicted molar refractivity (Wildman–Crippen MR) is 121 cm³/mol. The molecule has 1 fully saturated rings. The van der Waals surface area contributed by atoms with E-state index in [4.69, 9.17) is 9.97 Å². The summed E-state index contributed by atoms with van der Waals surface area (Å²) >= 11 is 0. The maximum absolute atomic E-state index is 11.4. The van der Waals surface area contributed by atoms with E-state index in [1.54, 1.807) is 18.2 Å². The zero-order chi connectivity index (χ0) is 21.2. The van der Waals surface area contributed by atoms with Gasteiger partial charge in [0.15, 0.2) is 5.82 Å². The maximum Gasteiger partial charge on any atom is 0.335 e. The molecule has 2 aromatic carbocycles. The molecule has 2 aromatic heterocycles. The number of benzene rings is 2. The lowest BCUT2D eigenvalue weighted by Crippen LogP contribution is -2.29. The molecular formula is C24H23N5O2. The third-order valence-electron chi connectivity index (χ3n) is 5.80. The van der Waals surface area contributed by atoms with Gasteiger partial charge in [-0.15, -0.1) is 0 Å². The molecule has 0 aliphatic carbocycles.